The van der Waals surface area contributed by atoms with Crippen LogP contribution in [0.5, 0.6) is 11.5 Å². The quantitative estimate of drug-likeness (QED) is 0.803. The van der Waals surface area contributed by atoms with Crippen LogP contribution in [0.25, 0.3) is 0 Å². The van der Waals surface area contributed by atoms with Gasteiger partial charge in [0.05, 0.1) is 19.1 Å². The third-order valence-electron chi connectivity index (χ3n) is 2.91. The van der Waals surface area contributed by atoms with E-state index in [0.717, 1.165) is 6.42 Å². The highest BCUT2D eigenvalue weighted by atomic mass is 32.2. The molecule has 0 radical (unpaired) electrons. The molecule has 0 aliphatic heterocycles. The minimum absolute atomic E-state index is 0.251. The van der Waals surface area contributed by atoms with E-state index in [4.69, 9.17) is 9.47 Å². The molecule has 0 fully saturated rings. The van der Waals surface area contributed by atoms with Crippen LogP contribution in [0.15, 0.2) is 17.0 Å². The minimum Gasteiger partial charge on any atom is -0.493 e. The zero-order valence-corrected chi connectivity index (χ0v) is 12.9. The molecule has 6 heteroatoms. The topological polar surface area (TPSA) is 55.8 Å². The SMILES string of the molecule is CCCN(C)S(=O)(=O)c1cc(OC)c(OC)cc1C. The molecule has 19 heavy (non-hydrogen) atoms. The molecule has 0 aliphatic carbocycles. The molecule has 0 saturated carbocycles. The molecular formula is C13H21NO4S. The van der Waals surface area contributed by atoms with Gasteiger partial charge in [-0.3, -0.25) is 0 Å². The summed E-state index contributed by atoms with van der Waals surface area (Å²) >= 11 is 0. The molecule has 0 bridgehead atoms. The van der Waals surface area contributed by atoms with E-state index >= 15 is 0 Å². The van der Waals surface area contributed by atoms with Crippen molar-refractivity contribution in [2.45, 2.75) is 25.2 Å². The lowest BCUT2D eigenvalue weighted by atomic mass is 10.2. The number of benzene rings is 1. The van der Waals surface area contributed by atoms with Gasteiger partial charge in [0.15, 0.2) is 11.5 Å². The fourth-order valence-electron chi connectivity index (χ4n) is 1.84. The van der Waals surface area contributed by atoms with Crippen LogP contribution in [0.1, 0.15) is 18.9 Å². The first kappa shape index (κ1) is 15.8. The van der Waals surface area contributed by atoms with Crippen LogP contribution in [-0.2, 0) is 10.0 Å². The van der Waals surface area contributed by atoms with E-state index in [9.17, 15) is 8.42 Å². The average molecular weight is 287 g/mol. The minimum atomic E-state index is -3.49. The Bertz CT molecular complexity index is 540. The lowest BCUT2D eigenvalue weighted by molar-refractivity contribution is 0.353. The molecule has 5 nitrogen and oxygen atoms in total. The van der Waals surface area contributed by atoms with E-state index in [1.807, 2.05) is 6.92 Å². The van der Waals surface area contributed by atoms with Crippen molar-refractivity contribution in [1.82, 2.24) is 4.31 Å². The Morgan fingerprint density at radius 1 is 1.16 bits per heavy atom. The van der Waals surface area contributed by atoms with Gasteiger partial charge in [0.1, 0.15) is 0 Å². The van der Waals surface area contributed by atoms with Gasteiger partial charge in [-0.15, -0.1) is 0 Å². The number of nitrogens with zero attached hydrogens (tertiary/aromatic N) is 1. The number of rotatable bonds is 6. The zero-order chi connectivity index (χ0) is 14.6. The highest BCUT2D eigenvalue weighted by Gasteiger charge is 2.24. The second-order valence-corrected chi connectivity index (χ2v) is 6.31. The highest BCUT2D eigenvalue weighted by Crippen LogP contribution is 2.33. The number of ether oxygens (including phenoxy) is 2. The van der Waals surface area contributed by atoms with Gasteiger partial charge in [-0.05, 0) is 25.0 Å². The summed E-state index contributed by atoms with van der Waals surface area (Å²) in [5.41, 5.74) is 0.639. The lowest BCUT2D eigenvalue weighted by Crippen LogP contribution is -2.28. The second-order valence-electron chi connectivity index (χ2n) is 4.30. The first-order valence-corrected chi connectivity index (χ1v) is 7.51. The lowest BCUT2D eigenvalue weighted by Gasteiger charge is -2.19. The molecule has 1 aromatic carbocycles. The second kappa shape index (κ2) is 6.25. The number of aryl methyl sites for hydroxylation is 1. The smallest absolute Gasteiger partial charge is 0.243 e. The van der Waals surface area contributed by atoms with E-state index in [0.29, 0.717) is 23.6 Å². The maximum Gasteiger partial charge on any atom is 0.243 e. The number of hydrogen-bond donors (Lipinski definition) is 0. The molecule has 0 amide bonds. The standard InChI is InChI=1S/C13H21NO4S/c1-6-7-14(3)19(15,16)13-9-12(18-5)11(17-4)8-10(13)2/h8-9H,6-7H2,1-5H3. The van der Waals surface area contributed by atoms with Crippen molar-refractivity contribution in [3.05, 3.63) is 17.7 Å². The van der Waals surface area contributed by atoms with Crippen LogP contribution in [0.4, 0.5) is 0 Å². The van der Waals surface area contributed by atoms with Crippen LogP contribution in [-0.4, -0.2) is 40.5 Å². The van der Waals surface area contributed by atoms with Gasteiger partial charge in [-0.25, -0.2) is 12.7 Å². The van der Waals surface area contributed by atoms with E-state index in [2.05, 4.69) is 0 Å². The van der Waals surface area contributed by atoms with Gasteiger partial charge in [0.2, 0.25) is 10.0 Å². The maximum absolute atomic E-state index is 12.4. The van der Waals surface area contributed by atoms with Crippen molar-refractivity contribution in [3.8, 4) is 11.5 Å². The Morgan fingerprint density at radius 3 is 2.16 bits per heavy atom. The van der Waals surface area contributed by atoms with Crippen LogP contribution in [0.2, 0.25) is 0 Å². The summed E-state index contributed by atoms with van der Waals surface area (Å²) in [6.07, 6.45) is 0.766. The Balaban J connectivity index is 3.35. The van der Waals surface area contributed by atoms with E-state index < -0.39 is 10.0 Å². The largest absolute Gasteiger partial charge is 0.493 e. The first-order valence-electron chi connectivity index (χ1n) is 6.07. The molecule has 0 spiro atoms. The third-order valence-corrected chi connectivity index (χ3v) is 4.91. The summed E-state index contributed by atoms with van der Waals surface area (Å²) in [6, 6.07) is 3.18. The van der Waals surface area contributed by atoms with Crippen LogP contribution in [0, 0.1) is 6.92 Å². The Morgan fingerprint density at radius 2 is 1.68 bits per heavy atom. The molecule has 1 aromatic rings. The molecule has 0 atom stereocenters. The molecular weight excluding hydrogens is 266 g/mol. The molecule has 0 unspecified atom stereocenters. The van der Waals surface area contributed by atoms with E-state index in [1.165, 1.54) is 24.6 Å². The van der Waals surface area contributed by atoms with E-state index in [1.54, 1.807) is 20.0 Å². The Kier molecular flexibility index (Phi) is 5.20. The molecule has 1 rings (SSSR count). The van der Waals surface area contributed by atoms with Crippen molar-refractivity contribution < 1.29 is 17.9 Å². The summed E-state index contributed by atoms with van der Waals surface area (Å²) in [7, 11) is 1.09. The predicted octanol–water partition coefficient (Wildman–Crippen LogP) is 2.04. The molecule has 0 heterocycles. The molecule has 0 aliphatic rings. The zero-order valence-electron chi connectivity index (χ0n) is 12.1. The van der Waals surface area contributed by atoms with Crippen molar-refractivity contribution in [2.24, 2.45) is 0 Å². The van der Waals surface area contributed by atoms with Crippen LogP contribution >= 0.6 is 0 Å². The summed E-state index contributed by atoms with van der Waals surface area (Å²) in [5.74, 6) is 0.939. The van der Waals surface area contributed by atoms with Gasteiger partial charge in [-0.2, -0.15) is 0 Å². The van der Waals surface area contributed by atoms with Gasteiger partial charge < -0.3 is 9.47 Å². The van der Waals surface area contributed by atoms with Crippen molar-refractivity contribution in [2.75, 3.05) is 27.8 Å². The van der Waals surface area contributed by atoms with Gasteiger partial charge >= 0.3 is 0 Å². The predicted molar refractivity (Wildman–Crippen MR) is 74.4 cm³/mol. The van der Waals surface area contributed by atoms with Gasteiger partial charge in [0, 0.05) is 19.7 Å². The maximum atomic E-state index is 12.4. The van der Waals surface area contributed by atoms with Crippen molar-refractivity contribution in [3.63, 3.8) is 0 Å². The Labute approximate surface area is 115 Å². The van der Waals surface area contributed by atoms with E-state index in [-0.39, 0.29) is 4.90 Å². The van der Waals surface area contributed by atoms with Gasteiger partial charge in [0.25, 0.3) is 0 Å². The summed E-state index contributed by atoms with van der Waals surface area (Å²) in [4.78, 5) is 0.251. The fourth-order valence-corrected chi connectivity index (χ4v) is 3.32. The first-order chi connectivity index (χ1) is 8.88. The van der Waals surface area contributed by atoms with Crippen LogP contribution < -0.4 is 9.47 Å². The summed E-state index contributed by atoms with van der Waals surface area (Å²) in [6.45, 7) is 4.16. The molecule has 0 saturated heterocycles. The average Bonchev–Trinajstić information content (AvgIpc) is 2.38. The van der Waals surface area contributed by atoms with Crippen LogP contribution in [0.3, 0.4) is 0 Å². The summed E-state index contributed by atoms with van der Waals surface area (Å²) in [5, 5.41) is 0. The monoisotopic (exact) mass is 287 g/mol. The number of sulfonamides is 1. The highest BCUT2D eigenvalue weighted by molar-refractivity contribution is 7.89. The van der Waals surface area contributed by atoms with Crippen molar-refractivity contribution in [1.29, 1.82) is 0 Å². The molecule has 0 aromatic heterocycles. The molecule has 0 N–H and O–H groups in total. The normalized spacial score (nSPS) is 11.7. The number of methoxy groups -OCH3 is 2. The number of hydrogen-bond acceptors (Lipinski definition) is 4. The fraction of sp³-hybridized carbons (Fsp3) is 0.538. The third kappa shape index (κ3) is 3.19. The summed E-state index contributed by atoms with van der Waals surface area (Å²) < 4.78 is 36.5. The Hall–Kier alpha value is -1.27. The molecule has 108 valence electrons. The van der Waals surface area contributed by atoms with Crippen molar-refractivity contribution >= 4 is 10.0 Å². The van der Waals surface area contributed by atoms with Gasteiger partial charge in [-0.1, -0.05) is 6.92 Å².